The third-order valence-electron chi connectivity index (χ3n) is 5.04. The maximum Gasteiger partial charge on any atom is 0.246 e. The van der Waals surface area contributed by atoms with Gasteiger partial charge in [0.1, 0.15) is 17.6 Å². The van der Waals surface area contributed by atoms with Crippen LogP contribution in [0.4, 0.5) is 0 Å². The Morgan fingerprint density at radius 2 is 1.74 bits per heavy atom. The van der Waals surface area contributed by atoms with E-state index in [0.717, 1.165) is 37.0 Å². The van der Waals surface area contributed by atoms with E-state index in [1.54, 1.807) is 0 Å². The summed E-state index contributed by atoms with van der Waals surface area (Å²) in [5.41, 5.74) is 4.13. The number of benzene rings is 2. The van der Waals surface area contributed by atoms with Crippen LogP contribution in [0.5, 0.6) is 0 Å². The van der Waals surface area contributed by atoms with Crippen molar-refractivity contribution in [2.45, 2.75) is 32.0 Å². The Morgan fingerprint density at radius 1 is 1.07 bits per heavy atom. The largest absolute Gasteiger partial charge is 0.334 e. The van der Waals surface area contributed by atoms with Gasteiger partial charge in [-0.1, -0.05) is 36.4 Å². The second-order valence-electron chi connectivity index (χ2n) is 7.44. The highest BCUT2D eigenvalue weighted by atomic mass is 16.2. The van der Waals surface area contributed by atoms with Gasteiger partial charge in [0.15, 0.2) is 0 Å². The van der Waals surface area contributed by atoms with Crippen LogP contribution in [0.15, 0.2) is 48.5 Å². The van der Waals surface area contributed by atoms with Gasteiger partial charge in [0.25, 0.3) is 0 Å². The summed E-state index contributed by atoms with van der Waals surface area (Å²) in [5.74, 6) is 0.0789. The highest BCUT2D eigenvalue weighted by molar-refractivity contribution is 5.78. The van der Waals surface area contributed by atoms with Crippen LogP contribution in [0.3, 0.4) is 0 Å². The molecule has 1 aliphatic rings. The number of hydrogen-bond acceptors (Lipinski definition) is 4. The molecule has 0 radical (unpaired) electrons. The van der Waals surface area contributed by atoms with Crippen molar-refractivity contribution in [3.05, 3.63) is 59.7 Å². The summed E-state index contributed by atoms with van der Waals surface area (Å²) in [6.45, 7) is 1.90. The summed E-state index contributed by atoms with van der Waals surface area (Å²) in [6, 6.07) is 16.5. The molecule has 3 aromatic rings. The minimum atomic E-state index is 0.0789. The third-order valence-corrected chi connectivity index (χ3v) is 5.04. The van der Waals surface area contributed by atoms with Gasteiger partial charge in [-0.15, -0.1) is 0 Å². The molecule has 0 aliphatic carbocycles. The SMILES string of the molecule is CN(C)Cc1ccc([C@H]2CCCN2C(=O)Cn2nc3ccccc3n2)cc1. The van der Waals surface area contributed by atoms with Crippen molar-refractivity contribution < 1.29 is 4.79 Å². The molecule has 0 saturated carbocycles. The molecule has 2 aromatic carbocycles. The first kappa shape index (κ1) is 17.7. The topological polar surface area (TPSA) is 54.3 Å². The van der Waals surface area contributed by atoms with E-state index in [1.165, 1.54) is 15.9 Å². The van der Waals surface area contributed by atoms with Gasteiger partial charge in [-0.2, -0.15) is 15.0 Å². The molecule has 0 unspecified atom stereocenters. The first-order chi connectivity index (χ1) is 13.1. The van der Waals surface area contributed by atoms with E-state index in [4.69, 9.17) is 0 Å². The average molecular weight is 363 g/mol. The average Bonchev–Trinajstić information content (AvgIpc) is 3.28. The highest BCUT2D eigenvalue weighted by Crippen LogP contribution is 2.32. The monoisotopic (exact) mass is 363 g/mol. The molecule has 0 spiro atoms. The van der Waals surface area contributed by atoms with Crippen LogP contribution in [0.25, 0.3) is 11.0 Å². The highest BCUT2D eigenvalue weighted by Gasteiger charge is 2.30. The molecule has 6 nitrogen and oxygen atoms in total. The van der Waals surface area contributed by atoms with E-state index in [2.05, 4.69) is 53.5 Å². The van der Waals surface area contributed by atoms with Crippen LogP contribution in [0.1, 0.15) is 30.0 Å². The lowest BCUT2D eigenvalue weighted by Gasteiger charge is -2.25. The number of aromatic nitrogens is 3. The van der Waals surface area contributed by atoms with Crippen molar-refractivity contribution >= 4 is 16.9 Å². The number of carbonyl (C=O) groups is 1. The van der Waals surface area contributed by atoms with Crippen molar-refractivity contribution in [2.75, 3.05) is 20.6 Å². The number of amides is 1. The van der Waals surface area contributed by atoms with Crippen molar-refractivity contribution in [3.63, 3.8) is 0 Å². The predicted molar refractivity (Wildman–Crippen MR) is 105 cm³/mol. The van der Waals surface area contributed by atoms with E-state index in [1.807, 2.05) is 29.2 Å². The predicted octanol–water partition coefficient (Wildman–Crippen LogP) is 2.86. The third kappa shape index (κ3) is 3.85. The molecule has 140 valence electrons. The molecule has 1 atom stereocenters. The molecule has 2 heterocycles. The lowest BCUT2D eigenvalue weighted by Crippen LogP contribution is -2.34. The summed E-state index contributed by atoms with van der Waals surface area (Å²) < 4.78 is 0. The zero-order valence-corrected chi connectivity index (χ0v) is 15.9. The zero-order chi connectivity index (χ0) is 18.8. The van der Waals surface area contributed by atoms with Crippen molar-refractivity contribution in [1.29, 1.82) is 0 Å². The minimum absolute atomic E-state index is 0.0789. The summed E-state index contributed by atoms with van der Waals surface area (Å²) >= 11 is 0. The lowest BCUT2D eigenvalue weighted by molar-refractivity contribution is -0.133. The van der Waals surface area contributed by atoms with E-state index in [9.17, 15) is 4.79 Å². The number of likely N-dealkylation sites (tertiary alicyclic amines) is 1. The van der Waals surface area contributed by atoms with Gasteiger partial charge in [0, 0.05) is 13.1 Å². The standard InChI is InChI=1S/C21H25N5O/c1-24(2)14-16-9-11-17(12-10-16)20-8-5-13-25(20)21(27)15-26-22-18-6-3-4-7-19(18)23-26/h3-4,6-7,9-12,20H,5,8,13-15H2,1-2H3/t20-/m1/s1. The van der Waals surface area contributed by atoms with Gasteiger partial charge >= 0.3 is 0 Å². The van der Waals surface area contributed by atoms with E-state index in [0.29, 0.717) is 0 Å². The Kier molecular flexibility index (Phi) is 4.90. The Bertz CT molecular complexity index is 898. The molecule has 1 aromatic heterocycles. The molecule has 1 aliphatic heterocycles. The fraction of sp³-hybridized carbons (Fsp3) is 0.381. The molecule has 1 fully saturated rings. The molecule has 6 heteroatoms. The second-order valence-corrected chi connectivity index (χ2v) is 7.44. The molecule has 0 N–H and O–H groups in total. The van der Waals surface area contributed by atoms with Crippen molar-refractivity contribution in [2.24, 2.45) is 0 Å². The minimum Gasteiger partial charge on any atom is -0.334 e. The van der Waals surface area contributed by atoms with Gasteiger partial charge < -0.3 is 9.80 Å². The van der Waals surface area contributed by atoms with Crippen LogP contribution >= 0.6 is 0 Å². The van der Waals surface area contributed by atoms with E-state index >= 15 is 0 Å². The van der Waals surface area contributed by atoms with Crippen LogP contribution in [0.2, 0.25) is 0 Å². The fourth-order valence-corrected chi connectivity index (χ4v) is 3.81. The zero-order valence-electron chi connectivity index (χ0n) is 15.9. The molecule has 27 heavy (non-hydrogen) atoms. The number of fused-ring (bicyclic) bond motifs is 1. The summed E-state index contributed by atoms with van der Waals surface area (Å²) in [5, 5.41) is 8.83. The van der Waals surface area contributed by atoms with Gasteiger partial charge in [0.05, 0.1) is 6.04 Å². The lowest BCUT2D eigenvalue weighted by atomic mass is 10.0. The molecule has 1 saturated heterocycles. The van der Waals surface area contributed by atoms with Gasteiger partial charge in [-0.05, 0) is 50.2 Å². The smallest absolute Gasteiger partial charge is 0.246 e. The maximum absolute atomic E-state index is 12.9. The molecular weight excluding hydrogens is 338 g/mol. The normalized spacial score (nSPS) is 17.1. The molecule has 4 rings (SSSR count). The molecule has 1 amide bonds. The van der Waals surface area contributed by atoms with Crippen LogP contribution in [0, 0.1) is 0 Å². The Labute approximate surface area is 159 Å². The van der Waals surface area contributed by atoms with E-state index in [-0.39, 0.29) is 18.5 Å². The van der Waals surface area contributed by atoms with Crippen molar-refractivity contribution in [1.82, 2.24) is 24.8 Å². The van der Waals surface area contributed by atoms with Crippen LogP contribution in [-0.2, 0) is 17.9 Å². The quantitative estimate of drug-likeness (QED) is 0.699. The Balaban J connectivity index is 1.47. The Morgan fingerprint density at radius 3 is 2.37 bits per heavy atom. The second kappa shape index (κ2) is 7.48. The first-order valence-electron chi connectivity index (χ1n) is 9.43. The fourth-order valence-electron chi connectivity index (χ4n) is 3.81. The van der Waals surface area contributed by atoms with Gasteiger partial charge in [-0.25, -0.2) is 0 Å². The number of nitrogens with zero attached hydrogens (tertiary/aromatic N) is 5. The first-order valence-corrected chi connectivity index (χ1v) is 9.43. The van der Waals surface area contributed by atoms with Crippen LogP contribution < -0.4 is 0 Å². The summed E-state index contributed by atoms with van der Waals surface area (Å²) in [6.07, 6.45) is 2.04. The van der Waals surface area contributed by atoms with Gasteiger partial charge in [0.2, 0.25) is 5.91 Å². The molecular formula is C21H25N5O. The van der Waals surface area contributed by atoms with E-state index < -0.39 is 0 Å². The van der Waals surface area contributed by atoms with Crippen molar-refractivity contribution in [3.8, 4) is 0 Å². The molecule has 0 bridgehead atoms. The number of rotatable bonds is 5. The maximum atomic E-state index is 12.9. The van der Waals surface area contributed by atoms with Gasteiger partial charge in [-0.3, -0.25) is 4.79 Å². The summed E-state index contributed by atoms with van der Waals surface area (Å²) in [4.78, 5) is 18.6. The van der Waals surface area contributed by atoms with Crippen LogP contribution in [-0.4, -0.2) is 51.3 Å². The number of carbonyl (C=O) groups excluding carboxylic acids is 1. The number of hydrogen-bond donors (Lipinski definition) is 0. The summed E-state index contributed by atoms with van der Waals surface area (Å²) in [7, 11) is 4.13. The Hall–Kier alpha value is -2.73.